The lowest BCUT2D eigenvalue weighted by Gasteiger charge is -2.08. The van der Waals surface area contributed by atoms with Gasteiger partial charge in [0.15, 0.2) is 5.65 Å². The maximum Gasteiger partial charge on any atom is 0.158 e. The molecule has 0 aliphatic rings. The first kappa shape index (κ1) is 12.4. The zero-order valence-electron chi connectivity index (χ0n) is 10.7. The molecule has 0 unspecified atom stereocenters. The van der Waals surface area contributed by atoms with Gasteiger partial charge in [-0.25, -0.2) is 9.67 Å². The zero-order chi connectivity index (χ0) is 12.4. The second-order valence-electron chi connectivity index (χ2n) is 4.19. The molecule has 0 aliphatic heterocycles. The quantitative estimate of drug-likeness (QED) is 0.770. The molecule has 0 N–H and O–H groups in total. The van der Waals surface area contributed by atoms with Crippen molar-refractivity contribution in [1.29, 1.82) is 0 Å². The summed E-state index contributed by atoms with van der Waals surface area (Å²) in [5.74, 6) is 1.70. The first-order valence-electron chi connectivity index (χ1n) is 6.21. The van der Waals surface area contributed by atoms with Crippen molar-refractivity contribution in [3.8, 4) is 0 Å². The van der Waals surface area contributed by atoms with Crippen molar-refractivity contribution in [1.82, 2.24) is 19.3 Å². The van der Waals surface area contributed by atoms with Crippen molar-refractivity contribution >= 4 is 22.8 Å². The Balaban J connectivity index is 2.63. The van der Waals surface area contributed by atoms with Gasteiger partial charge in [0.05, 0.1) is 5.69 Å². The van der Waals surface area contributed by atoms with Crippen LogP contribution < -0.4 is 0 Å². The highest BCUT2D eigenvalue weighted by Gasteiger charge is 2.16. The number of alkyl halides is 1. The Hall–Kier alpha value is -1.03. The van der Waals surface area contributed by atoms with E-state index in [2.05, 4.69) is 28.5 Å². The molecule has 2 heterocycles. The van der Waals surface area contributed by atoms with Crippen LogP contribution in [0.2, 0.25) is 0 Å². The summed E-state index contributed by atoms with van der Waals surface area (Å²) >= 11 is 5.84. The Bertz CT molecular complexity index is 512. The second-order valence-corrected chi connectivity index (χ2v) is 4.57. The van der Waals surface area contributed by atoms with E-state index < -0.39 is 0 Å². The molecule has 17 heavy (non-hydrogen) atoms. The molecule has 0 radical (unpaired) electrons. The summed E-state index contributed by atoms with van der Waals surface area (Å²) in [6.45, 7) is 8.16. The molecule has 94 valence electrons. The number of nitrogens with zero attached hydrogens (tertiary/aromatic N) is 4. The molecule has 0 amide bonds. The third kappa shape index (κ3) is 2.06. The fourth-order valence-electron chi connectivity index (χ4n) is 2.22. The van der Waals surface area contributed by atoms with Gasteiger partial charge in [0.25, 0.3) is 0 Å². The Labute approximate surface area is 107 Å². The molecule has 2 aromatic heterocycles. The molecule has 0 spiro atoms. The molecule has 0 bridgehead atoms. The average molecular weight is 255 g/mol. The van der Waals surface area contributed by atoms with Crippen molar-refractivity contribution in [2.45, 2.75) is 46.7 Å². The topological polar surface area (TPSA) is 35.6 Å². The van der Waals surface area contributed by atoms with E-state index in [-0.39, 0.29) is 0 Å². The highest BCUT2D eigenvalue weighted by Crippen LogP contribution is 2.20. The number of fused-ring (bicyclic) bond motifs is 1. The number of imidazole rings is 1. The number of halogens is 1. The minimum atomic E-state index is 0.613. The maximum atomic E-state index is 5.84. The lowest BCUT2D eigenvalue weighted by atomic mass is 10.4. The van der Waals surface area contributed by atoms with Gasteiger partial charge < -0.3 is 4.57 Å². The van der Waals surface area contributed by atoms with Crippen LogP contribution in [0.15, 0.2) is 0 Å². The molecule has 0 atom stereocenters. The van der Waals surface area contributed by atoms with E-state index in [9.17, 15) is 0 Å². The first-order valence-corrected chi connectivity index (χ1v) is 6.74. The molecule has 2 rings (SSSR count). The van der Waals surface area contributed by atoms with E-state index in [1.165, 1.54) is 0 Å². The average Bonchev–Trinajstić information content (AvgIpc) is 2.80. The number of hydrogen-bond donors (Lipinski definition) is 0. The Kier molecular flexibility index (Phi) is 3.72. The minimum Gasteiger partial charge on any atom is -0.313 e. The highest BCUT2D eigenvalue weighted by atomic mass is 35.5. The number of aryl methyl sites for hydroxylation is 4. The van der Waals surface area contributed by atoms with Crippen LogP contribution >= 0.6 is 11.6 Å². The smallest absolute Gasteiger partial charge is 0.158 e. The van der Waals surface area contributed by atoms with Crippen LogP contribution in [0.5, 0.6) is 0 Å². The van der Waals surface area contributed by atoms with Crippen LogP contribution in [0.4, 0.5) is 0 Å². The van der Waals surface area contributed by atoms with Crippen molar-refractivity contribution in [3.63, 3.8) is 0 Å². The van der Waals surface area contributed by atoms with E-state index in [1.54, 1.807) is 0 Å². The molecule has 4 nitrogen and oxygen atoms in total. The number of hydrogen-bond acceptors (Lipinski definition) is 2. The molecule has 2 aromatic rings. The van der Waals surface area contributed by atoms with E-state index in [0.717, 1.165) is 48.6 Å². The monoisotopic (exact) mass is 254 g/mol. The molecule has 5 heteroatoms. The third-order valence-electron chi connectivity index (χ3n) is 2.94. The van der Waals surface area contributed by atoms with Gasteiger partial charge in [-0.2, -0.15) is 5.10 Å². The maximum absolute atomic E-state index is 5.84. The van der Waals surface area contributed by atoms with E-state index in [0.29, 0.717) is 5.88 Å². The van der Waals surface area contributed by atoms with E-state index in [1.807, 2.05) is 11.6 Å². The van der Waals surface area contributed by atoms with E-state index in [4.69, 9.17) is 11.6 Å². The van der Waals surface area contributed by atoms with Gasteiger partial charge in [-0.15, -0.1) is 11.6 Å². The summed E-state index contributed by atoms with van der Waals surface area (Å²) < 4.78 is 4.30. The largest absolute Gasteiger partial charge is 0.313 e. The SMILES string of the molecule is CCCn1c(CCCl)nc2c(C)nn(CC)c21. The predicted molar refractivity (Wildman–Crippen MR) is 70.6 cm³/mol. The van der Waals surface area contributed by atoms with Gasteiger partial charge in [-0.1, -0.05) is 6.92 Å². The first-order chi connectivity index (χ1) is 8.22. The normalized spacial score (nSPS) is 11.5. The van der Waals surface area contributed by atoms with Crippen LogP contribution in [0.1, 0.15) is 31.8 Å². The molecule has 0 aromatic carbocycles. The standard InChI is InChI=1S/C12H19ClN4/c1-4-8-16-10(6-7-13)14-11-9(3)15-17(5-2)12(11)16/h4-8H2,1-3H3. The summed E-state index contributed by atoms with van der Waals surface area (Å²) in [4.78, 5) is 4.68. The van der Waals surface area contributed by atoms with Crippen LogP contribution in [0, 0.1) is 6.92 Å². The molecule has 0 saturated heterocycles. The Morgan fingerprint density at radius 3 is 2.65 bits per heavy atom. The zero-order valence-corrected chi connectivity index (χ0v) is 11.5. The van der Waals surface area contributed by atoms with Gasteiger partial charge in [-0.05, 0) is 20.3 Å². The van der Waals surface area contributed by atoms with Crippen LogP contribution in [-0.4, -0.2) is 25.2 Å². The van der Waals surface area contributed by atoms with Crippen molar-refractivity contribution in [2.75, 3.05) is 5.88 Å². The number of aromatic nitrogens is 4. The fourth-order valence-corrected chi connectivity index (χ4v) is 2.39. The molecule has 0 fully saturated rings. The molecular formula is C12H19ClN4. The van der Waals surface area contributed by atoms with Gasteiger partial charge in [0.1, 0.15) is 11.3 Å². The van der Waals surface area contributed by atoms with Gasteiger partial charge >= 0.3 is 0 Å². The van der Waals surface area contributed by atoms with E-state index >= 15 is 0 Å². The predicted octanol–water partition coefficient (Wildman–Crippen LogP) is 2.75. The van der Waals surface area contributed by atoms with Crippen molar-refractivity contribution in [3.05, 3.63) is 11.5 Å². The van der Waals surface area contributed by atoms with Crippen molar-refractivity contribution < 1.29 is 0 Å². The van der Waals surface area contributed by atoms with Crippen molar-refractivity contribution in [2.24, 2.45) is 0 Å². The summed E-state index contributed by atoms with van der Waals surface area (Å²) in [6.07, 6.45) is 1.91. The highest BCUT2D eigenvalue weighted by molar-refractivity contribution is 6.17. The van der Waals surface area contributed by atoms with Crippen LogP contribution in [0.25, 0.3) is 11.2 Å². The minimum absolute atomic E-state index is 0.613. The Morgan fingerprint density at radius 2 is 2.06 bits per heavy atom. The lowest BCUT2D eigenvalue weighted by molar-refractivity contribution is 0.604. The Morgan fingerprint density at radius 1 is 1.29 bits per heavy atom. The van der Waals surface area contributed by atoms with Crippen LogP contribution in [-0.2, 0) is 19.5 Å². The summed E-state index contributed by atoms with van der Waals surface area (Å²) in [7, 11) is 0. The lowest BCUT2D eigenvalue weighted by Crippen LogP contribution is -2.09. The molecular weight excluding hydrogens is 236 g/mol. The fraction of sp³-hybridized carbons (Fsp3) is 0.667. The second kappa shape index (κ2) is 5.08. The summed E-state index contributed by atoms with van der Waals surface area (Å²) in [5, 5.41) is 4.51. The van der Waals surface area contributed by atoms with Gasteiger partial charge in [0.2, 0.25) is 0 Å². The molecule has 0 aliphatic carbocycles. The van der Waals surface area contributed by atoms with Gasteiger partial charge in [0, 0.05) is 25.4 Å². The van der Waals surface area contributed by atoms with Gasteiger partial charge in [-0.3, -0.25) is 0 Å². The summed E-state index contributed by atoms with van der Waals surface area (Å²) in [5.41, 5.74) is 3.18. The third-order valence-corrected chi connectivity index (χ3v) is 3.13. The number of rotatable bonds is 5. The van der Waals surface area contributed by atoms with Crippen LogP contribution in [0.3, 0.4) is 0 Å². The molecule has 0 saturated carbocycles. The summed E-state index contributed by atoms with van der Waals surface area (Å²) in [6, 6.07) is 0.